The summed E-state index contributed by atoms with van der Waals surface area (Å²) in [5, 5.41) is 23.1. The number of anilines is 1. The van der Waals surface area contributed by atoms with E-state index in [0.29, 0.717) is 21.6 Å². The normalized spacial score (nSPS) is 20.7. The second-order valence-corrected chi connectivity index (χ2v) is 9.22. The fourth-order valence-corrected chi connectivity index (χ4v) is 5.14. The van der Waals surface area contributed by atoms with Gasteiger partial charge in [0.2, 0.25) is 5.91 Å². The Morgan fingerprint density at radius 3 is 2.76 bits per heavy atom. The van der Waals surface area contributed by atoms with Gasteiger partial charge in [-0.3, -0.25) is 9.89 Å². The summed E-state index contributed by atoms with van der Waals surface area (Å²) >= 11 is 3.61. The number of aromatic nitrogens is 3. The summed E-state index contributed by atoms with van der Waals surface area (Å²) in [4.78, 5) is 24.8. The molecule has 4 N–H and O–H groups in total. The van der Waals surface area contributed by atoms with Crippen molar-refractivity contribution in [3.8, 4) is 0 Å². The van der Waals surface area contributed by atoms with Crippen LogP contribution in [0.1, 0.15) is 11.1 Å². The first-order valence-corrected chi connectivity index (χ1v) is 11.8. The van der Waals surface area contributed by atoms with Crippen LogP contribution in [0.3, 0.4) is 0 Å². The highest BCUT2D eigenvalue weighted by Crippen LogP contribution is 2.39. The number of amidine groups is 1. The molecule has 9 nitrogen and oxygen atoms in total. The molecule has 2 aliphatic heterocycles. The molecule has 1 unspecified atom stereocenters. The van der Waals surface area contributed by atoms with Crippen molar-refractivity contribution < 1.29 is 4.79 Å². The van der Waals surface area contributed by atoms with Gasteiger partial charge in [0.15, 0.2) is 0 Å². The van der Waals surface area contributed by atoms with E-state index in [9.17, 15) is 4.79 Å². The molecule has 0 bridgehead atoms. The zero-order chi connectivity index (χ0) is 23.2. The van der Waals surface area contributed by atoms with Gasteiger partial charge >= 0.3 is 0 Å². The number of pyridine rings is 1. The van der Waals surface area contributed by atoms with E-state index in [0.717, 1.165) is 54.0 Å². The van der Waals surface area contributed by atoms with Crippen molar-refractivity contribution in [2.24, 2.45) is 10.9 Å². The van der Waals surface area contributed by atoms with Crippen LogP contribution >= 0.6 is 15.9 Å². The number of aliphatic imine (C=N–C) groups is 1. The van der Waals surface area contributed by atoms with Gasteiger partial charge in [0, 0.05) is 53.4 Å². The molecule has 1 saturated heterocycles. The number of benzene rings is 1. The number of piperazine rings is 1. The third kappa shape index (κ3) is 3.46. The summed E-state index contributed by atoms with van der Waals surface area (Å²) in [6, 6.07) is 9.65. The van der Waals surface area contributed by atoms with Crippen LogP contribution in [-0.4, -0.2) is 58.8 Å². The van der Waals surface area contributed by atoms with Gasteiger partial charge < -0.3 is 20.9 Å². The van der Waals surface area contributed by atoms with Crippen molar-refractivity contribution in [1.29, 1.82) is 5.41 Å². The Morgan fingerprint density at radius 2 is 1.97 bits per heavy atom. The number of halogens is 1. The number of amides is 1. The largest absolute Gasteiger partial charge is 0.354 e. The maximum Gasteiger partial charge on any atom is 0.240 e. The Bertz CT molecular complexity index is 1410. The minimum Gasteiger partial charge on any atom is -0.354 e. The third-order valence-corrected chi connectivity index (χ3v) is 6.98. The molecule has 1 aliphatic carbocycles. The second kappa shape index (κ2) is 8.30. The number of carbonyl (C=O) groups is 1. The van der Waals surface area contributed by atoms with Gasteiger partial charge in [-0.2, -0.15) is 5.10 Å². The van der Waals surface area contributed by atoms with E-state index in [-0.39, 0.29) is 11.6 Å². The van der Waals surface area contributed by atoms with Crippen LogP contribution in [0.25, 0.3) is 16.5 Å². The van der Waals surface area contributed by atoms with E-state index in [1.165, 1.54) is 0 Å². The number of rotatable bonds is 3. The third-order valence-electron chi connectivity index (χ3n) is 6.34. The smallest absolute Gasteiger partial charge is 0.240 e. The molecule has 3 aliphatic rings. The molecule has 2 aromatic heterocycles. The molecular formula is C24H21BrN8O. The first-order valence-electron chi connectivity index (χ1n) is 11.0. The maximum atomic E-state index is 13.2. The topological polar surface area (TPSA) is 122 Å². The average molecular weight is 517 g/mol. The van der Waals surface area contributed by atoms with Gasteiger partial charge in [-0.25, -0.2) is 9.98 Å². The number of nitrogens with one attached hydrogen (secondary N) is 4. The predicted molar refractivity (Wildman–Crippen MR) is 135 cm³/mol. The summed E-state index contributed by atoms with van der Waals surface area (Å²) in [6.07, 6.45) is 5.34. The number of fused-ring (bicyclic) bond motifs is 2. The zero-order valence-corrected chi connectivity index (χ0v) is 19.7. The molecule has 0 radical (unpaired) electrons. The van der Waals surface area contributed by atoms with E-state index in [1.54, 1.807) is 12.4 Å². The molecule has 170 valence electrons. The lowest BCUT2D eigenvalue weighted by Gasteiger charge is -2.30. The quantitative estimate of drug-likeness (QED) is 0.426. The van der Waals surface area contributed by atoms with Gasteiger partial charge in [-0.15, -0.1) is 0 Å². The molecule has 4 heterocycles. The molecule has 34 heavy (non-hydrogen) atoms. The van der Waals surface area contributed by atoms with Crippen LogP contribution in [0.5, 0.6) is 0 Å². The summed E-state index contributed by atoms with van der Waals surface area (Å²) in [5.74, 6) is 0.271. The number of carbonyl (C=O) groups excluding carboxylic acids is 1. The molecule has 0 saturated carbocycles. The Morgan fingerprint density at radius 1 is 1.12 bits per heavy atom. The van der Waals surface area contributed by atoms with Crippen LogP contribution in [0.15, 0.2) is 64.0 Å². The molecule has 0 spiro atoms. The van der Waals surface area contributed by atoms with Crippen molar-refractivity contribution in [2.45, 2.75) is 0 Å². The molecule has 3 aromatic rings. The van der Waals surface area contributed by atoms with Gasteiger partial charge in [0.25, 0.3) is 0 Å². The van der Waals surface area contributed by atoms with Gasteiger partial charge in [-0.1, -0.05) is 12.1 Å². The van der Waals surface area contributed by atoms with Gasteiger partial charge in [0.05, 0.1) is 23.1 Å². The number of aromatic amines is 1. The molecule has 1 atom stereocenters. The van der Waals surface area contributed by atoms with Crippen LogP contribution < -0.4 is 15.5 Å². The number of nitrogens with zero attached hydrogens (tertiary/aromatic N) is 4. The van der Waals surface area contributed by atoms with Crippen LogP contribution in [0.4, 0.5) is 5.82 Å². The number of H-pyrrole nitrogens is 1. The molecular weight excluding hydrogens is 496 g/mol. The Labute approximate surface area is 203 Å². The standard InChI is InChI=1S/C24H21BrN8O/c25-17-10-15(14-2-1-3-18-16(14)12-29-32-18)21(26)20-22(17)30-23(31-24(20)34)13-4-5-19(28-11-13)33-8-6-27-7-9-33/h1-5,10-12,20,26-27H,6-9H2,(H,29,32)(H,30,31,34). The van der Waals surface area contributed by atoms with Crippen molar-refractivity contribution in [2.75, 3.05) is 31.1 Å². The monoisotopic (exact) mass is 516 g/mol. The van der Waals surface area contributed by atoms with Crippen LogP contribution in [-0.2, 0) is 4.79 Å². The SMILES string of the molecule is N=C1C(c2cccc3[nH]ncc23)=CC(Br)=C2N=C(c3ccc(N4CCNCC4)nc3)NC(=O)C12. The lowest BCUT2D eigenvalue weighted by atomic mass is 9.83. The minimum atomic E-state index is -0.798. The van der Waals surface area contributed by atoms with Crippen molar-refractivity contribution >= 4 is 55.7 Å². The van der Waals surface area contributed by atoms with Crippen molar-refractivity contribution in [3.05, 3.63) is 70.1 Å². The number of allylic oxidation sites excluding steroid dienone is 3. The lowest BCUT2D eigenvalue weighted by molar-refractivity contribution is -0.121. The summed E-state index contributed by atoms with van der Waals surface area (Å²) < 4.78 is 0.682. The molecule has 1 fully saturated rings. The molecule has 1 amide bonds. The van der Waals surface area contributed by atoms with Crippen molar-refractivity contribution in [3.63, 3.8) is 0 Å². The van der Waals surface area contributed by atoms with E-state index < -0.39 is 5.92 Å². The zero-order valence-electron chi connectivity index (χ0n) is 18.1. The van der Waals surface area contributed by atoms with Gasteiger partial charge in [0.1, 0.15) is 17.6 Å². The summed E-state index contributed by atoms with van der Waals surface area (Å²) in [7, 11) is 0. The lowest BCUT2D eigenvalue weighted by Crippen LogP contribution is -2.45. The van der Waals surface area contributed by atoms with Gasteiger partial charge in [-0.05, 0) is 45.8 Å². The Hall–Kier alpha value is -3.63. The number of hydrogen-bond acceptors (Lipinski definition) is 7. The first kappa shape index (κ1) is 20.9. The van der Waals surface area contributed by atoms with E-state index >= 15 is 0 Å². The first-order chi connectivity index (χ1) is 16.6. The van der Waals surface area contributed by atoms with E-state index in [4.69, 9.17) is 10.4 Å². The van der Waals surface area contributed by atoms with Crippen molar-refractivity contribution in [1.82, 2.24) is 25.8 Å². The second-order valence-electron chi connectivity index (χ2n) is 8.37. The molecule has 6 rings (SSSR count). The Balaban J connectivity index is 1.36. The molecule has 10 heteroatoms. The molecule has 1 aromatic carbocycles. The summed E-state index contributed by atoms with van der Waals surface area (Å²) in [5.41, 5.74) is 3.86. The highest BCUT2D eigenvalue weighted by Gasteiger charge is 2.38. The summed E-state index contributed by atoms with van der Waals surface area (Å²) in [6.45, 7) is 3.70. The Kier molecular flexibility index (Phi) is 5.11. The van der Waals surface area contributed by atoms with Crippen LogP contribution in [0, 0.1) is 11.3 Å². The fourth-order valence-electron chi connectivity index (χ4n) is 4.59. The highest BCUT2D eigenvalue weighted by atomic mass is 79.9. The van der Waals surface area contributed by atoms with E-state index in [2.05, 4.69) is 46.6 Å². The minimum absolute atomic E-state index is 0.208. The predicted octanol–water partition coefficient (Wildman–Crippen LogP) is 2.58. The van der Waals surface area contributed by atoms with Crippen LogP contribution in [0.2, 0.25) is 0 Å². The fraction of sp³-hybridized carbons (Fsp3) is 0.208. The maximum absolute atomic E-state index is 13.2. The average Bonchev–Trinajstić information content (AvgIpc) is 3.36. The highest BCUT2D eigenvalue weighted by molar-refractivity contribution is 9.11. The number of hydrogen-bond donors (Lipinski definition) is 4. The van der Waals surface area contributed by atoms with E-state index in [1.807, 2.05) is 36.4 Å².